The molecule has 1 rings (SSSR count). The van der Waals surface area contributed by atoms with Gasteiger partial charge in [-0.1, -0.05) is 60.5 Å². The molecule has 1 aliphatic rings. The van der Waals surface area contributed by atoms with Crippen molar-refractivity contribution in [1.82, 2.24) is 0 Å². The quantitative estimate of drug-likeness (QED) is 0.327. The van der Waals surface area contributed by atoms with Gasteiger partial charge in [0.15, 0.2) is 0 Å². The normalized spacial score (nSPS) is 20.3. The van der Waals surface area contributed by atoms with Crippen LogP contribution in [0.2, 0.25) is 0 Å². The van der Waals surface area contributed by atoms with E-state index in [1.165, 1.54) is 36.0 Å². The SMILES string of the molecule is CON=CC=C(C)/C=C/C=C(C)\C=C\C1=C(C)CCCC1(C)C. The summed E-state index contributed by atoms with van der Waals surface area (Å²) in [5, 5.41) is 3.69. The van der Waals surface area contributed by atoms with Crippen molar-refractivity contribution in [2.75, 3.05) is 7.11 Å². The van der Waals surface area contributed by atoms with Gasteiger partial charge in [-0.05, 0) is 62.7 Å². The predicted molar refractivity (Wildman–Crippen MR) is 102 cm³/mol. The largest absolute Gasteiger partial charge is 0.399 e. The number of rotatable bonds is 6. The first-order valence-electron chi connectivity index (χ1n) is 8.33. The smallest absolute Gasteiger partial charge is 0.106 e. The Morgan fingerprint density at radius 2 is 1.83 bits per heavy atom. The minimum Gasteiger partial charge on any atom is -0.399 e. The van der Waals surface area contributed by atoms with Crippen LogP contribution in [0.3, 0.4) is 0 Å². The van der Waals surface area contributed by atoms with Crippen molar-refractivity contribution in [3.05, 3.63) is 58.7 Å². The molecule has 0 aliphatic heterocycles. The van der Waals surface area contributed by atoms with E-state index in [1.807, 2.05) is 13.0 Å². The number of hydrogen-bond donors (Lipinski definition) is 0. The standard InChI is InChI=1S/C21H31NO/c1-17(9-7-10-18(2)14-16-22-23-6)12-13-20-19(3)11-8-15-21(20,4)5/h7,9-10,12-14,16H,8,11,15H2,1-6H3/b10-7+,13-12+,17-9-,18-14?,22-16?. The highest BCUT2D eigenvalue weighted by Gasteiger charge is 2.26. The third-order valence-corrected chi connectivity index (χ3v) is 4.28. The van der Waals surface area contributed by atoms with Crippen LogP contribution in [0.5, 0.6) is 0 Å². The van der Waals surface area contributed by atoms with E-state index in [9.17, 15) is 0 Å². The minimum atomic E-state index is 0.301. The van der Waals surface area contributed by atoms with Crippen LogP contribution >= 0.6 is 0 Å². The van der Waals surface area contributed by atoms with Crippen molar-refractivity contribution in [3.63, 3.8) is 0 Å². The Kier molecular flexibility index (Phi) is 7.80. The summed E-state index contributed by atoms with van der Waals surface area (Å²) in [7, 11) is 1.54. The first-order valence-corrected chi connectivity index (χ1v) is 8.33. The summed E-state index contributed by atoms with van der Waals surface area (Å²) < 4.78 is 0. The summed E-state index contributed by atoms with van der Waals surface area (Å²) in [5.74, 6) is 0. The van der Waals surface area contributed by atoms with Gasteiger partial charge in [0.05, 0.1) is 6.21 Å². The fourth-order valence-electron chi connectivity index (χ4n) is 2.90. The Morgan fingerprint density at radius 1 is 1.13 bits per heavy atom. The average Bonchev–Trinajstić information content (AvgIpc) is 2.46. The van der Waals surface area contributed by atoms with Crippen molar-refractivity contribution < 1.29 is 4.84 Å². The van der Waals surface area contributed by atoms with Crippen LogP contribution in [0, 0.1) is 5.41 Å². The van der Waals surface area contributed by atoms with Gasteiger partial charge in [-0.2, -0.15) is 0 Å². The average molecular weight is 313 g/mol. The number of nitrogens with zero attached hydrogens (tertiary/aromatic N) is 1. The molecule has 0 atom stereocenters. The zero-order valence-corrected chi connectivity index (χ0v) is 15.5. The first kappa shape index (κ1) is 19.2. The van der Waals surface area contributed by atoms with Crippen LogP contribution in [0.4, 0.5) is 0 Å². The van der Waals surface area contributed by atoms with E-state index in [1.54, 1.807) is 13.3 Å². The molecule has 0 aromatic heterocycles. The third kappa shape index (κ3) is 6.85. The van der Waals surface area contributed by atoms with Crippen molar-refractivity contribution in [1.29, 1.82) is 0 Å². The molecule has 1 aliphatic carbocycles. The van der Waals surface area contributed by atoms with Crippen LogP contribution in [-0.2, 0) is 4.84 Å². The van der Waals surface area contributed by atoms with Gasteiger partial charge in [-0.25, -0.2) is 0 Å². The highest BCUT2D eigenvalue weighted by atomic mass is 16.6. The fraction of sp³-hybridized carbons (Fsp3) is 0.476. The summed E-state index contributed by atoms with van der Waals surface area (Å²) >= 11 is 0. The van der Waals surface area contributed by atoms with Crippen molar-refractivity contribution in [2.45, 2.75) is 53.9 Å². The molecule has 0 radical (unpaired) electrons. The first-order chi connectivity index (χ1) is 10.9. The highest BCUT2D eigenvalue weighted by molar-refractivity contribution is 5.72. The zero-order valence-electron chi connectivity index (χ0n) is 15.5. The molecule has 0 saturated heterocycles. The summed E-state index contributed by atoms with van der Waals surface area (Å²) in [6, 6.07) is 0. The van der Waals surface area contributed by atoms with E-state index in [4.69, 9.17) is 0 Å². The van der Waals surface area contributed by atoms with Gasteiger partial charge >= 0.3 is 0 Å². The Balaban J connectivity index is 2.73. The molecule has 0 bridgehead atoms. The van der Waals surface area contributed by atoms with Crippen molar-refractivity contribution in [3.8, 4) is 0 Å². The van der Waals surface area contributed by atoms with E-state index in [0.29, 0.717) is 5.41 Å². The molecule has 0 aromatic rings. The third-order valence-electron chi connectivity index (χ3n) is 4.28. The Morgan fingerprint density at radius 3 is 2.48 bits per heavy atom. The highest BCUT2D eigenvalue weighted by Crippen LogP contribution is 2.40. The molecule has 2 heteroatoms. The van der Waals surface area contributed by atoms with E-state index in [0.717, 1.165) is 5.57 Å². The Hall–Kier alpha value is -1.83. The van der Waals surface area contributed by atoms with Gasteiger partial charge in [0, 0.05) is 0 Å². The number of allylic oxidation sites excluding steroid dienone is 10. The van der Waals surface area contributed by atoms with E-state index in [2.05, 4.69) is 68.1 Å². The molecule has 0 heterocycles. The lowest BCUT2D eigenvalue weighted by atomic mass is 9.72. The zero-order chi connectivity index (χ0) is 17.3. The molecule has 0 amide bonds. The Labute approximate surface area is 142 Å². The molecule has 23 heavy (non-hydrogen) atoms. The van der Waals surface area contributed by atoms with Gasteiger partial charge in [0.2, 0.25) is 0 Å². The maximum atomic E-state index is 4.63. The number of hydrogen-bond acceptors (Lipinski definition) is 2. The fourth-order valence-corrected chi connectivity index (χ4v) is 2.90. The van der Waals surface area contributed by atoms with Crippen LogP contribution in [0.1, 0.15) is 53.9 Å². The van der Waals surface area contributed by atoms with Gasteiger partial charge in [0.1, 0.15) is 7.11 Å². The Bertz CT molecular complexity index is 569. The van der Waals surface area contributed by atoms with Crippen molar-refractivity contribution >= 4 is 6.21 Å². The molecule has 0 N–H and O–H groups in total. The summed E-state index contributed by atoms with van der Waals surface area (Å²) in [5.41, 5.74) is 5.73. The van der Waals surface area contributed by atoms with E-state index in [-0.39, 0.29) is 0 Å². The van der Waals surface area contributed by atoms with Gasteiger partial charge in [-0.3, -0.25) is 0 Å². The molecule has 0 aromatic carbocycles. The molecular weight excluding hydrogens is 282 g/mol. The molecule has 0 fully saturated rings. The number of oxime groups is 1. The second kappa shape index (κ2) is 9.34. The van der Waals surface area contributed by atoms with Gasteiger partial charge < -0.3 is 4.84 Å². The molecule has 0 unspecified atom stereocenters. The maximum Gasteiger partial charge on any atom is 0.106 e. The molecule has 2 nitrogen and oxygen atoms in total. The lowest BCUT2D eigenvalue weighted by Crippen LogP contribution is -2.19. The van der Waals surface area contributed by atoms with E-state index < -0.39 is 0 Å². The van der Waals surface area contributed by atoms with Crippen LogP contribution in [0.25, 0.3) is 0 Å². The van der Waals surface area contributed by atoms with Crippen LogP contribution in [0.15, 0.2) is 63.9 Å². The molecule has 0 spiro atoms. The van der Waals surface area contributed by atoms with E-state index >= 15 is 0 Å². The molecular formula is C21H31NO. The summed E-state index contributed by atoms with van der Waals surface area (Å²) in [4.78, 5) is 4.63. The topological polar surface area (TPSA) is 21.6 Å². The van der Waals surface area contributed by atoms with Gasteiger partial charge in [-0.15, -0.1) is 0 Å². The minimum absolute atomic E-state index is 0.301. The lowest BCUT2D eigenvalue weighted by Gasteiger charge is -2.32. The molecule has 126 valence electrons. The predicted octanol–water partition coefficient (Wildman–Crippen LogP) is 6.15. The maximum absolute atomic E-state index is 4.63. The molecule has 0 saturated carbocycles. The summed E-state index contributed by atoms with van der Waals surface area (Å²) in [6.45, 7) is 11.1. The van der Waals surface area contributed by atoms with Gasteiger partial charge in [0.25, 0.3) is 0 Å². The summed E-state index contributed by atoms with van der Waals surface area (Å²) in [6.07, 6.45) is 18.2. The second-order valence-corrected chi connectivity index (χ2v) is 6.88. The van der Waals surface area contributed by atoms with Crippen LogP contribution in [-0.4, -0.2) is 13.3 Å². The monoisotopic (exact) mass is 313 g/mol. The lowest BCUT2D eigenvalue weighted by molar-refractivity contribution is 0.215. The van der Waals surface area contributed by atoms with Crippen LogP contribution < -0.4 is 0 Å². The second-order valence-electron chi connectivity index (χ2n) is 6.88. The van der Waals surface area contributed by atoms with Crippen molar-refractivity contribution in [2.24, 2.45) is 10.6 Å².